The summed E-state index contributed by atoms with van der Waals surface area (Å²) in [4.78, 5) is 15.9. The maximum atomic E-state index is 5.56. The monoisotopic (exact) mass is 802 g/mol. The number of aromatic nitrogens is 4. The van der Waals surface area contributed by atoms with Gasteiger partial charge in [0, 0.05) is 44.1 Å². The fourth-order valence-corrected chi connectivity index (χ4v) is 9.23. The number of pyridine rings is 1. The first-order valence-corrected chi connectivity index (χ1v) is 21.4. The Morgan fingerprint density at radius 1 is 0.349 bits per heavy atom. The molecule has 4 heteroatoms. The van der Waals surface area contributed by atoms with E-state index in [0.29, 0.717) is 5.82 Å². The van der Waals surface area contributed by atoms with Crippen molar-refractivity contribution in [1.82, 2.24) is 19.5 Å². The first kappa shape index (κ1) is 36.4. The van der Waals surface area contributed by atoms with Crippen LogP contribution >= 0.6 is 0 Å². The van der Waals surface area contributed by atoms with Crippen LogP contribution in [0.15, 0.2) is 231 Å². The van der Waals surface area contributed by atoms with Crippen LogP contribution in [-0.4, -0.2) is 19.5 Å². The summed E-state index contributed by atoms with van der Waals surface area (Å²) in [6, 6.07) is 81.5. The van der Waals surface area contributed by atoms with Crippen LogP contribution in [0.2, 0.25) is 0 Å². The third-order valence-electron chi connectivity index (χ3n) is 12.2. The molecular formula is C59H38N4. The lowest BCUT2D eigenvalue weighted by atomic mass is 9.89. The molecule has 0 aliphatic rings. The summed E-state index contributed by atoms with van der Waals surface area (Å²) >= 11 is 0. The molecule has 0 N–H and O–H groups in total. The number of hydrogen-bond acceptors (Lipinski definition) is 3. The zero-order valence-corrected chi connectivity index (χ0v) is 34.2. The summed E-state index contributed by atoms with van der Waals surface area (Å²) in [5.74, 6) is 0.691. The predicted octanol–water partition coefficient (Wildman–Crippen LogP) is 15.3. The molecule has 0 fully saturated rings. The standard InChI is InChI=1S/C59H38N4/c1-4-16-39(17-5-1)40-28-30-42(31-29-40)52-38-53(62-59(61-52)45-19-6-2-7-20-45)43-32-34-44(35-33-43)55-47-23-11-10-18-41(47)36-37-50(55)57-56-49-25-13-15-27-54(49)63(46-21-8-3-9-22-46)58(56)48-24-12-14-26-51(48)60-57/h1-38H. The van der Waals surface area contributed by atoms with Gasteiger partial charge in [0.2, 0.25) is 0 Å². The Bertz CT molecular complexity index is 3630. The Morgan fingerprint density at radius 3 is 1.57 bits per heavy atom. The summed E-state index contributed by atoms with van der Waals surface area (Å²) < 4.78 is 2.41. The minimum atomic E-state index is 0.691. The molecule has 0 atom stereocenters. The van der Waals surface area contributed by atoms with Crippen molar-refractivity contribution >= 4 is 43.5 Å². The number of para-hydroxylation sites is 3. The average molecular weight is 803 g/mol. The largest absolute Gasteiger partial charge is 0.308 e. The smallest absolute Gasteiger partial charge is 0.160 e. The van der Waals surface area contributed by atoms with Crippen LogP contribution in [0.3, 0.4) is 0 Å². The molecule has 0 aliphatic heterocycles. The maximum Gasteiger partial charge on any atom is 0.160 e. The lowest BCUT2D eigenvalue weighted by Gasteiger charge is -2.17. The number of benzene rings is 9. The Labute approximate surface area is 365 Å². The summed E-state index contributed by atoms with van der Waals surface area (Å²) in [5, 5.41) is 5.78. The summed E-state index contributed by atoms with van der Waals surface area (Å²) in [6.07, 6.45) is 0. The van der Waals surface area contributed by atoms with Gasteiger partial charge >= 0.3 is 0 Å². The second-order valence-electron chi connectivity index (χ2n) is 15.9. The fraction of sp³-hybridized carbons (Fsp3) is 0. The highest BCUT2D eigenvalue weighted by Crippen LogP contribution is 2.45. The second kappa shape index (κ2) is 15.2. The quantitative estimate of drug-likeness (QED) is 0.161. The fourth-order valence-electron chi connectivity index (χ4n) is 9.23. The van der Waals surface area contributed by atoms with Crippen molar-refractivity contribution in [3.05, 3.63) is 231 Å². The Morgan fingerprint density at radius 2 is 0.873 bits per heavy atom. The van der Waals surface area contributed by atoms with E-state index in [1.165, 1.54) is 27.3 Å². The van der Waals surface area contributed by atoms with Crippen LogP contribution in [0, 0.1) is 0 Å². The van der Waals surface area contributed by atoms with Crippen LogP contribution in [-0.2, 0) is 0 Å². The van der Waals surface area contributed by atoms with Gasteiger partial charge in [-0.3, -0.25) is 0 Å². The lowest BCUT2D eigenvalue weighted by Crippen LogP contribution is -1.97. The van der Waals surface area contributed by atoms with Crippen molar-refractivity contribution < 1.29 is 0 Å². The minimum absolute atomic E-state index is 0.691. The van der Waals surface area contributed by atoms with Crippen LogP contribution in [0.25, 0.3) is 117 Å². The van der Waals surface area contributed by atoms with Gasteiger partial charge in [0.25, 0.3) is 0 Å². The van der Waals surface area contributed by atoms with Gasteiger partial charge in [0.15, 0.2) is 5.82 Å². The molecule has 0 saturated heterocycles. The van der Waals surface area contributed by atoms with Gasteiger partial charge in [-0.25, -0.2) is 15.0 Å². The Balaban J connectivity index is 1.04. The first-order chi connectivity index (χ1) is 31.2. The lowest BCUT2D eigenvalue weighted by molar-refractivity contribution is 1.18. The zero-order chi connectivity index (χ0) is 41.7. The third kappa shape index (κ3) is 6.36. The van der Waals surface area contributed by atoms with E-state index in [2.05, 4.69) is 211 Å². The van der Waals surface area contributed by atoms with E-state index < -0.39 is 0 Å². The number of hydrogen-bond donors (Lipinski definition) is 0. The van der Waals surface area contributed by atoms with Gasteiger partial charge in [-0.15, -0.1) is 0 Å². The predicted molar refractivity (Wildman–Crippen MR) is 262 cm³/mol. The van der Waals surface area contributed by atoms with E-state index in [9.17, 15) is 0 Å². The zero-order valence-electron chi connectivity index (χ0n) is 34.2. The molecule has 0 radical (unpaired) electrons. The van der Waals surface area contributed by atoms with Crippen molar-refractivity contribution in [3.63, 3.8) is 0 Å². The third-order valence-corrected chi connectivity index (χ3v) is 12.2. The van der Waals surface area contributed by atoms with E-state index in [4.69, 9.17) is 15.0 Å². The Hall–Kier alpha value is -8.47. The van der Waals surface area contributed by atoms with Crippen molar-refractivity contribution in [2.45, 2.75) is 0 Å². The van der Waals surface area contributed by atoms with Crippen LogP contribution in [0.5, 0.6) is 0 Å². The molecule has 3 heterocycles. The average Bonchev–Trinajstić information content (AvgIpc) is 3.72. The molecule has 0 bridgehead atoms. The first-order valence-electron chi connectivity index (χ1n) is 21.4. The molecule has 9 aromatic carbocycles. The van der Waals surface area contributed by atoms with Gasteiger partial charge in [0.1, 0.15) is 0 Å². The van der Waals surface area contributed by atoms with E-state index in [-0.39, 0.29) is 0 Å². The molecule has 294 valence electrons. The molecular weight excluding hydrogens is 765 g/mol. The normalized spacial score (nSPS) is 11.5. The molecule has 0 saturated carbocycles. The van der Waals surface area contributed by atoms with E-state index in [1.54, 1.807) is 0 Å². The molecule has 12 rings (SSSR count). The van der Waals surface area contributed by atoms with Crippen molar-refractivity contribution in [2.24, 2.45) is 0 Å². The SMILES string of the molecule is c1ccc(-c2ccc(-c3cc(-c4ccc(-c5c(-c6nc7ccccc7c7c6c6ccccc6n7-c6ccccc6)ccc6ccccc56)cc4)nc(-c4ccccc4)n3)cc2)cc1. The number of rotatable bonds is 7. The van der Waals surface area contributed by atoms with Gasteiger partial charge in [0.05, 0.1) is 33.6 Å². The summed E-state index contributed by atoms with van der Waals surface area (Å²) in [7, 11) is 0. The summed E-state index contributed by atoms with van der Waals surface area (Å²) in [5.41, 5.74) is 15.8. The molecule has 0 aliphatic carbocycles. The summed E-state index contributed by atoms with van der Waals surface area (Å²) in [6.45, 7) is 0. The molecule has 0 amide bonds. The minimum Gasteiger partial charge on any atom is -0.308 e. The van der Waals surface area contributed by atoms with Crippen LogP contribution in [0.4, 0.5) is 0 Å². The van der Waals surface area contributed by atoms with Crippen molar-refractivity contribution in [1.29, 1.82) is 0 Å². The van der Waals surface area contributed by atoms with E-state index >= 15 is 0 Å². The van der Waals surface area contributed by atoms with Crippen molar-refractivity contribution in [2.75, 3.05) is 0 Å². The van der Waals surface area contributed by atoms with Gasteiger partial charge in [-0.05, 0) is 63.4 Å². The highest BCUT2D eigenvalue weighted by molar-refractivity contribution is 6.23. The van der Waals surface area contributed by atoms with Gasteiger partial charge in [-0.1, -0.05) is 200 Å². The van der Waals surface area contributed by atoms with Crippen LogP contribution < -0.4 is 0 Å². The van der Waals surface area contributed by atoms with Gasteiger partial charge < -0.3 is 4.57 Å². The number of fused-ring (bicyclic) bond motifs is 6. The van der Waals surface area contributed by atoms with Gasteiger partial charge in [-0.2, -0.15) is 0 Å². The van der Waals surface area contributed by atoms with E-state index in [1.807, 2.05) is 24.3 Å². The van der Waals surface area contributed by atoms with Crippen molar-refractivity contribution in [3.8, 4) is 73.1 Å². The highest BCUT2D eigenvalue weighted by atomic mass is 15.0. The molecule has 0 unspecified atom stereocenters. The topological polar surface area (TPSA) is 43.6 Å². The molecule has 0 spiro atoms. The second-order valence-corrected chi connectivity index (χ2v) is 15.9. The molecule has 12 aromatic rings. The number of nitrogens with zero attached hydrogens (tertiary/aromatic N) is 4. The van der Waals surface area contributed by atoms with Crippen LogP contribution in [0.1, 0.15) is 0 Å². The van der Waals surface area contributed by atoms with E-state index in [0.717, 1.165) is 83.5 Å². The molecule has 4 nitrogen and oxygen atoms in total. The highest BCUT2D eigenvalue weighted by Gasteiger charge is 2.23. The maximum absolute atomic E-state index is 5.56. The molecule has 3 aromatic heterocycles. The molecule has 63 heavy (non-hydrogen) atoms. The Kier molecular flexibility index (Phi) is 8.79.